The van der Waals surface area contributed by atoms with Crippen LogP contribution in [0.2, 0.25) is 0 Å². The zero-order valence-electron chi connectivity index (χ0n) is 32.5. The SMILES string of the molecule is COC(=O)N[C@H](C(=O)N1CCC[C@H]1c1nc2cc(-c3ccc(-c4ccc5nc([C@@H]6CCCN6C(=O)[C@@H](NC(=O)OC)C(C)C)[nH]c5c4)nn3)ccc2[nH]1)C(C)C. The number of carbonyl (C=O) groups is 4. The van der Waals surface area contributed by atoms with Crippen LogP contribution in [0.15, 0.2) is 48.5 Å². The Morgan fingerprint density at radius 1 is 0.661 bits per heavy atom. The van der Waals surface area contributed by atoms with Gasteiger partial charge in [0.15, 0.2) is 0 Å². The zero-order valence-corrected chi connectivity index (χ0v) is 32.5. The highest BCUT2D eigenvalue weighted by atomic mass is 16.5. The fourth-order valence-electron chi connectivity index (χ4n) is 7.72. The number of hydrogen-bond acceptors (Lipinski definition) is 10. The van der Waals surface area contributed by atoms with Crippen LogP contribution in [0.25, 0.3) is 44.6 Å². The van der Waals surface area contributed by atoms with E-state index in [1.54, 1.807) is 9.80 Å². The molecule has 2 aliphatic heterocycles. The van der Waals surface area contributed by atoms with Crippen molar-refractivity contribution in [3.05, 3.63) is 60.2 Å². The highest BCUT2D eigenvalue weighted by Crippen LogP contribution is 2.35. The first-order chi connectivity index (χ1) is 26.9. The van der Waals surface area contributed by atoms with E-state index in [1.165, 1.54) is 14.2 Å². The summed E-state index contributed by atoms with van der Waals surface area (Å²) in [5.41, 5.74) is 6.26. The third-order valence-electron chi connectivity index (χ3n) is 10.7. The van der Waals surface area contributed by atoms with Gasteiger partial charge in [0.05, 0.1) is 59.8 Å². The third-order valence-corrected chi connectivity index (χ3v) is 10.7. The van der Waals surface area contributed by atoms with E-state index in [-0.39, 0.29) is 35.7 Å². The van der Waals surface area contributed by atoms with Crippen molar-refractivity contribution < 1.29 is 28.7 Å². The molecule has 7 rings (SSSR count). The van der Waals surface area contributed by atoms with Crippen molar-refractivity contribution in [2.45, 2.75) is 77.5 Å². The Balaban J connectivity index is 1.06. The van der Waals surface area contributed by atoms with Crippen LogP contribution in [0.3, 0.4) is 0 Å². The summed E-state index contributed by atoms with van der Waals surface area (Å²) < 4.78 is 9.52. The van der Waals surface area contributed by atoms with Gasteiger partial charge in [-0.3, -0.25) is 9.59 Å². The lowest BCUT2D eigenvalue weighted by Gasteiger charge is -2.29. The van der Waals surface area contributed by atoms with Gasteiger partial charge in [0, 0.05) is 24.2 Å². The van der Waals surface area contributed by atoms with Crippen LogP contribution in [0.1, 0.15) is 77.1 Å². The summed E-state index contributed by atoms with van der Waals surface area (Å²) >= 11 is 0. The number of alkyl carbamates (subject to hydrolysis) is 2. The molecule has 0 aliphatic carbocycles. The maximum Gasteiger partial charge on any atom is 0.407 e. The number of ether oxygens (including phenoxy) is 2. The molecule has 16 heteroatoms. The molecule has 2 saturated heterocycles. The number of aromatic nitrogens is 6. The van der Waals surface area contributed by atoms with Gasteiger partial charge in [0.1, 0.15) is 23.7 Å². The van der Waals surface area contributed by atoms with Crippen LogP contribution < -0.4 is 10.6 Å². The van der Waals surface area contributed by atoms with Gasteiger partial charge in [-0.1, -0.05) is 39.8 Å². The third kappa shape index (κ3) is 7.59. The van der Waals surface area contributed by atoms with Gasteiger partial charge in [-0.25, -0.2) is 19.6 Å². The molecule has 4 amide bonds. The molecule has 0 radical (unpaired) electrons. The Morgan fingerprint density at radius 2 is 1.14 bits per heavy atom. The number of likely N-dealkylation sites (tertiary alicyclic amines) is 2. The summed E-state index contributed by atoms with van der Waals surface area (Å²) in [4.78, 5) is 71.3. The number of methoxy groups -OCH3 is 2. The van der Waals surface area contributed by atoms with Crippen molar-refractivity contribution in [1.82, 2.24) is 50.6 Å². The quantitative estimate of drug-likeness (QED) is 0.138. The molecular weight excluding hydrogens is 717 g/mol. The lowest BCUT2D eigenvalue weighted by molar-refractivity contribution is -0.136. The second-order valence-corrected chi connectivity index (χ2v) is 15.1. The molecular formula is C40H48N10O6. The van der Waals surface area contributed by atoms with Gasteiger partial charge < -0.3 is 39.9 Å². The van der Waals surface area contributed by atoms with Crippen molar-refractivity contribution in [2.75, 3.05) is 27.3 Å². The molecule has 16 nitrogen and oxygen atoms in total. The van der Waals surface area contributed by atoms with E-state index in [0.717, 1.165) is 58.9 Å². The van der Waals surface area contributed by atoms with Crippen molar-refractivity contribution in [2.24, 2.45) is 11.8 Å². The lowest BCUT2D eigenvalue weighted by Crippen LogP contribution is -2.51. The number of benzene rings is 2. The number of carbonyl (C=O) groups excluding carboxylic acids is 4. The minimum Gasteiger partial charge on any atom is -0.453 e. The van der Waals surface area contributed by atoms with E-state index in [1.807, 2.05) is 76.2 Å². The Kier molecular flexibility index (Phi) is 10.9. The largest absolute Gasteiger partial charge is 0.453 e. The van der Waals surface area contributed by atoms with E-state index in [0.29, 0.717) is 36.1 Å². The second-order valence-electron chi connectivity index (χ2n) is 15.1. The summed E-state index contributed by atoms with van der Waals surface area (Å²) in [5, 5.41) is 14.5. The number of aromatic amines is 2. The van der Waals surface area contributed by atoms with Crippen LogP contribution in [0.5, 0.6) is 0 Å². The molecule has 5 heterocycles. The maximum atomic E-state index is 13.6. The van der Waals surface area contributed by atoms with Crippen LogP contribution in [0, 0.1) is 11.8 Å². The van der Waals surface area contributed by atoms with Gasteiger partial charge in [0.2, 0.25) is 11.8 Å². The molecule has 2 fully saturated rings. The molecule has 294 valence electrons. The van der Waals surface area contributed by atoms with Gasteiger partial charge in [-0.2, -0.15) is 0 Å². The summed E-state index contributed by atoms with van der Waals surface area (Å²) in [6, 6.07) is 13.7. The summed E-state index contributed by atoms with van der Waals surface area (Å²) in [6.45, 7) is 8.72. The number of nitrogens with zero attached hydrogens (tertiary/aromatic N) is 6. The first-order valence-corrected chi connectivity index (χ1v) is 19.1. The van der Waals surface area contributed by atoms with Crippen molar-refractivity contribution in [3.63, 3.8) is 0 Å². The fraction of sp³-hybridized carbons (Fsp3) is 0.450. The van der Waals surface area contributed by atoms with Crippen molar-refractivity contribution >= 4 is 46.1 Å². The number of fused-ring (bicyclic) bond motifs is 2. The number of H-pyrrole nitrogens is 2. The first-order valence-electron chi connectivity index (χ1n) is 19.1. The smallest absolute Gasteiger partial charge is 0.407 e. The predicted octanol–water partition coefficient (Wildman–Crippen LogP) is 5.65. The number of amides is 4. The Bertz CT molecular complexity index is 2090. The molecule has 56 heavy (non-hydrogen) atoms. The van der Waals surface area contributed by atoms with Gasteiger partial charge in [-0.05, 0) is 73.9 Å². The van der Waals surface area contributed by atoms with Crippen LogP contribution in [-0.2, 0) is 19.1 Å². The summed E-state index contributed by atoms with van der Waals surface area (Å²) in [6.07, 6.45) is 1.90. The van der Waals surface area contributed by atoms with Crippen LogP contribution in [-0.4, -0.2) is 103 Å². The predicted molar refractivity (Wildman–Crippen MR) is 208 cm³/mol. The summed E-state index contributed by atoms with van der Waals surface area (Å²) in [5.74, 6) is 0.841. The lowest BCUT2D eigenvalue weighted by atomic mass is 10.0. The number of nitrogens with one attached hydrogen (secondary N) is 4. The van der Waals surface area contributed by atoms with E-state index in [2.05, 4.69) is 30.8 Å². The minimum atomic E-state index is -0.707. The Hall–Kier alpha value is -6.06. The number of imidazole rings is 2. The van der Waals surface area contributed by atoms with E-state index < -0.39 is 24.3 Å². The average molecular weight is 765 g/mol. The molecule has 4 N–H and O–H groups in total. The summed E-state index contributed by atoms with van der Waals surface area (Å²) in [7, 11) is 2.57. The standard InChI is InChI=1S/C40H48N10O6/c1-21(2)33(45-39(53)55-5)37(51)49-17-7-9-31(49)35-41-27-13-11-23(19-29(27)43-35)25-15-16-26(48-47-25)24-12-14-28-30(20-24)44-36(42-28)32-10-8-18-50(32)38(52)34(22(3)4)46-40(54)56-6/h11-16,19-22,31-34H,7-10,17-18H2,1-6H3,(H,41,43)(H,42,44)(H,45,53)(H,46,54)/t31-,32-,33-,34-/m0/s1. The monoisotopic (exact) mass is 764 g/mol. The molecule has 4 atom stereocenters. The highest BCUT2D eigenvalue weighted by Gasteiger charge is 2.39. The maximum absolute atomic E-state index is 13.6. The molecule has 2 aliphatic rings. The molecule has 2 aromatic carbocycles. The van der Waals surface area contributed by atoms with Crippen molar-refractivity contribution in [1.29, 1.82) is 0 Å². The molecule has 0 unspecified atom stereocenters. The molecule has 0 bridgehead atoms. The van der Waals surface area contributed by atoms with E-state index >= 15 is 0 Å². The highest BCUT2D eigenvalue weighted by molar-refractivity contribution is 5.88. The fourth-order valence-corrected chi connectivity index (χ4v) is 7.72. The van der Waals surface area contributed by atoms with Gasteiger partial charge in [0.25, 0.3) is 0 Å². The second kappa shape index (κ2) is 16.0. The Morgan fingerprint density at radius 3 is 1.64 bits per heavy atom. The molecule has 5 aromatic rings. The Labute approximate surface area is 324 Å². The van der Waals surface area contributed by atoms with Gasteiger partial charge in [-0.15, -0.1) is 10.2 Å². The number of rotatable bonds is 10. The molecule has 0 saturated carbocycles. The topological polar surface area (TPSA) is 200 Å². The van der Waals surface area contributed by atoms with Gasteiger partial charge >= 0.3 is 12.2 Å². The number of hydrogen-bond donors (Lipinski definition) is 4. The first kappa shape index (κ1) is 38.2. The van der Waals surface area contributed by atoms with Crippen LogP contribution >= 0.6 is 0 Å². The van der Waals surface area contributed by atoms with E-state index in [9.17, 15) is 19.2 Å². The normalized spacial score (nSPS) is 18.1. The molecule has 3 aromatic heterocycles. The molecule has 0 spiro atoms. The average Bonchev–Trinajstić information content (AvgIpc) is 4.03. The van der Waals surface area contributed by atoms with Crippen molar-refractivity contribution in [3.8, 4) is 22.5 Å². The van der Waals surface area contributed by atoms with Crippen LogP contribution in [0.4, 0.5) is 9.59 Å². The zero-order chi connectivity index (χ0) is 39.7. The minimum absolute atomic E-state index is 0.121. The van der Waals surface area contributed by atoms with E-state index in [4.69, 9.17) is 19.4 Å².